The molecule has 0 spiro atoms. The Morgan fingerprint density at radius 2 is 1.88 bits per heavy atom. The first-order valence-corrected chi connectivity index (χ1v) is 10.0. The average molecular weight is 481 g/mol. The fraction of sp³-hybridized carbons (Fsp3) is 0.947. The van der Waals surface area contributed by atoms with Crippen molar-refractivity contribution in [1.82, 2.24) is 20.4 Å². The molecule has 2 saturated heterocycles. The molecule has 0 saturated carbocycles. The molecule has 0 aliphatic carbocycles. The smallest absolute Gasteiger partial charge is 0.191 e. The molecule has 0 bridgehead atoms. The van der Waals surface area contributed by atoms with Gasteiger partial charge in [-0.3, -0.25) is 9.89 Å². The molecule has 0 aromatic heterocycles. The van der Waals surface area contributed by atoms with Crippen LogP contribution in [0.15, 0.2) is 4.99 Å². The standard InChI is InChI=1S/C19H39N5O.HI/c1-6-20-18(22-15-19(4)8-7-13-25-19)21-14-17(16(2)3)24-11-9-23(5)10-12-24;/h16-17H,6-15H2,1-5H3,(H2,20,21,22);1H. The Labute approximate surface area is 177 Å². The minimum atomic E-state index is -0.0861. The van der Waals surface area contributed by atoms with E-state index in [4.69, 9.17) is 9.73 Å². The SMILES string of the molecule is CCNC(=NCC1(C)CCCO1)NCC(C(C)C)N1CCN(C)CC1.I. The summed E-state index contributed by atoms with van der Waals surface area (Å²) < 4.78 is 5.86. The summed E-state index contributed by atoms with van der Waals surface area (Å²) in [6.45, 7) is 17.0. The Kier molecular flexibility index (Phi) is 10.7. The maximum Gasteiger partial charge on any atom is 0.191 e. The van der Waals surface area contributed by atoms with Crippen molar-refractivity contribution in [3.63, 3.8) is 0 Å². The van der Waals surface area contributed by atoms with Gasteiger partial charge in [0.2, 0.25) is 0 Å². The number of hydrogen-bond donors (Lipinski definition) is 2. The Balaban J connectivity index is 0.00000338. The number of aliphatic imine (C=N–C) groups is 1. The van der Waals surface area contributed by atoms with Crippen molar-refractivity contribution < 1.29 is 4.74 Å². The molecule has 26 heavy (non-hydrogen) atoms. The van der Waals surface area contributed by atoms with Gasteiger partial charge >= 0.3 is 0 Å². The molecule has 2 heterocycles. The number of likely N-dealkylation sites (N-methyl/N-ethyl adjacent to an activating group) is 1. The summed E-state index contributed by atoms with van der Waals surface area (Å²) >= 11 is 0. The van der Waals surface area contributed by atoms with Crippen LogP contribution in [-0.2, 0) is 4.74 Å². The van der Waals surface area contributed by atoms with Gasteiger partial charge in [-0.25, -0.2) is 0 Å². The fourth-order valence-corrected chi connectivity index (χ4v) is 3.69. The summed E-state index contributed by atoms with van der Waals surface area (Å²) in [5.41, 5.74) is -0.0861. The highest BCUT2D eigenvalue weighted by atomic mass is 127. The van der Waals surface area contributed by atoms with E-state index < -0.39 is 0 Å². The molecule has 2 aliphatic rings. The zero-order valence-electron chi connectivity index (χ0n) is 17.4. The van der Waals surface area contributed by atoms with Crippen LogP contribution >= 0.6 is 24.0 Å². The van der Waals surface area contributed by atoms with E-state index in [2.05, 4.69) is 55.2 Å². The highest BCUT2D eigenvalue weighted by Crippen LogP contribution is 2.25. The molecule has 2 N–H and O–H groups in total. The monoisotopic (exact) mass is 481 g/mol. The number of piperazine rings is 1. The molecule has 7 heteroatoms. The van der Waals surface area contributed by atoms with E-state index in [9.17, 15) is 0 Å². The predicted molar refractivity (Wildman–Crippen MR) is 121 cm³/mol. The van der Waals surface area contributed by atoms with Crippen molar-refractivity contribution in [2.24, 2.45) is 10.9 Å². The molecule has 0 radical (unpaired) electrons. The van der Waals surface area contributed by atoms with Gasteiger partial charge in [-0.05, 0) is 39.7 Å². The summed E-state index contributed by atoms with van der Waals surface area (Å²) in [6.07, 6.45) is 2.25. The van der Waals surface area contributed by atoms with Crippen molar-refractivity contribution >= 4 is 29.9 Å². The summed E-state index contributed by atoms with van der Waals surface area (Å²) in [4.78, 5) is 9.84. The van der Waals surface area contributed by atoms with Gasteiger partial charge in [0.1, 0.15) is 0 Å². The zero-order valence-corrected chi connectivity index (χ0v) is 19.7. The molecule has 0 aromatic rings. The van der Waals surface area contributed by atoms with Gasteiger partial charge in [-0.2, -0.15) is 0 Å². The first kappa shape index (κ1) is 23.9. The lowest BCUT2D eigenvalue weighted by Crippen LogP contribution is -2.55. The van der Waals surface area contributed by atoms with Crippen molar-refractivity contribution in [3.8, 4) is 0 Å². The largest absolute Gasteiger partial charge is 0.373 e. The van der Waals surface area contributed by atoms with Crippen LogP contribution < -0.4 is 10.6 Å². The van der Waals surface area contributed by atoms with Crippen LogP contribution in [0.4, 0.5) is 0 Å². The van der Waals surface area contributed by atoms with Gasteiger partial charge in [0.25, 0.3) is 0 Å². The van der Waals surface area contributed by atoms with Crippen LogP contribution in [0.3, 0.4) is 0 Å². The zero-order chi connectivity index (χ0) is 18.3. The first-order chi connectivity index (χ1) is 11.9. The van der Waals surface area contributed by atoms with Gasteiger partial charge < -0.3 is 20.3 Å². The third-order valence-electron chi connectivity index (χ3n) is 5.47. The van der Waals surface area contributed by atoms with E-state index in [0.29, 0.717) is 12.0 Å². The number of halogens is 1. The maximum atomic E-state index is 5.86. The highest BCUT2D eigenvalue weighted by Gasteiger charge is 2.30. The number of guanidine groups is 1. The van der Waals surface area contributed by atoms with Crippen LogP contribution in [-0.4, -0.2) is 86.9 Å². The minimum absolute atomic E-state index is 0. The molecule has 2 atom stereocenters. The molecular formula is C19H40IN5O. The van der Waals surface area contributed by atoms with Crippen molar-refractivity contribution in [1.29, 1.82) is 0 Å². The lowest BCUT2D eigenvalue weighted by atomic mass is 10.0. The van der Waals surface area contributed by atoms with Gasteiger partial charge in [0.05, 0.1) is 12.1 Å². The molecule has 2 rings (SSSR count). The summed E-state index contributed by atoms with van der Waals surface area (Å²) in [5.74, 6) is 1.54. The van der Waals surface area contributed by atoms with Crippen molar-refractivity contribution in [2.75, 3.05) is 59.5 Å². The van der Waals surface area contributed by atoms with Gasteiger partial charge in [-0.1, -0.05) is 13.8 Å². The second kappa shape index (κ2) is 11.7. The Morgan fingerprint density at radius 1 is 1.19 bits per heavy atom. The Morgan fingerprint density at radius 3 is 2.42 bits per heavy atom. The highest BCUT2D eigenvalue weighted by molar-refractivity contribution is 14.0. The van der Waals surface area contributed by atoms with Gasteiger partial charge in [0, 0.05) is 51.9 Å². The number of nitrogens with zero attached hydrogens (tertiary/aromatic N) is 3. The Hall–Kier alpha value is -0.120. The summed E-state index contributed by atoms with van der Waals surface area (Å²) in [7, 11) is 2.21. The van der Waals surface area contributed by atoms with Crippen molar-refractivity contribution in [3.05, 3.63) is 0 Å². The predicted octanol–water partition coefficient (Wildman–Crippen LogP) is 2.00. The third-order valence-corrected chi connectivity index (χ3v) is 5.47. The lowest BCUT2D eigenvalue weighted by Gasteiger charge is -2.40. The summed E-state index contributed by atoms with van der Waals surface area (Å²) in [5, 5.41) is 6.96. The molecule has 2 unspecified atom stereocenters. The molecule has 0 aromatic carbocycles. The normalized spacial score (nSPS) is 26.6. The van der Waals surface area contributed by atoms with E-state index in [-0.39, 0.29) is 29.6 Å². The summed E-state index contributed by atoms with van der Waals surface area (Å²) in [6, 6.07) is 0.538. The minimum Gasteiger partial charge on any atom is -0.373 e. The van der Waals surface area contributed by atoms with E-state index in [1.807, 2.05) is 0 Å². The maximum absolute atomic E-state index is 5.86. The molecule has 154 valence electrons. The van der Waals surface area contributed by atoms with Crippen molar-refractivity contribution in [2.45, 2.75) is 52.2 Å². The second-order valence-corrected chi connectivity index (χ2v) is 8.13. The molecular weight excluding hydrogens is 441 g/mol. The first-order valence-electron chi connectivity index (χ1n) is 10.0. The van der Waals surface area contributed by atoms with Crippen LogP contribution in [0.5, 0.6) is 0 Å². The van der Waals surface area contributed by atoms with Crippen LogP contribution in [0.1, 0.15) is 40.5 Å². The van der Waals surface area contributed by atoms with E-state index in [1.165, 1.54) is 0 Å². The number of hydrogen-bond acceptors (Lipinski definition) is 4. The van der Waals surface area contributed by atoms with E-state index >= 15 is 0 Å². The number of ether oxygens (including phenoxy) is 1. The van der Waals surface area contributed by atoms with Crippen LogP contribution in [0.25, 0.3) is 0 Å². The second-order valence-electron chi connectivity index (χ2n) is 8.13. The fourth-order valence-electron chi connectivity index (χ4n) is 3.69. The molecule has 0 amide bonds. The average Bonchev–Trinajstić information content (AvgIpc) is 3.01. The molecule has 2 fully saturated rings. The lowest BCUT2D eigenvalue weighted by molar-refractivity contribution is 0.0283. The van der Waals surface area contributed by atoms with Gasteiger partial charge in [0.15, 0.2) is 5.96 Å². The molecule has 2 aliphatic heterocycles. The number of nitrogens with one attached hydrogen (secondary N) is 2. The topological polar surface area (TPSA) is 52.1 Å². The third kappa shape index (κ3) is 7.48. The van der Waals surface area contributed by atoms with E-state index in [1.54, 1.807) is 0 Å². The van der Waals surface area contributed by atoms with E-state index in [0.717, 1.165) is 71.2 Å². The quantitative estimate of drug-likeness (QED) is 0.331. The number of rotatable bonds is 7. The van der Waals surface area contributed by atoms with Crippen LogP contribution in [0.2, 0.25) is 0 Å². The van der Waals surface area contributed by atoms with Crippen LogP contribution in [0, 0.1) is 5.92 Å². The van der Waals surface area contributed by atoms with Gasteiger partial charge in [-0.15, -0.1) is 24.0 Å². The Bertz CT molecular complexity index is 418. The molecule has 6 nitrogen and oxygen atoms in total.